The minimum Gasteiger partial charge on any atom is -0.358 e. The molecule has 0 fully saturated rings. The number of amidine groups is 1. The molecule has 1 aromatic rings. The highest BCUT2D eigenvalue weighted by Gasteiger charge is 2.12. The first-order valence-corrected chi connectivity index (χ1v) is 4.55. The summed E-state index contributed by atoms with van der Waals surface area (Å²) in [5.41, 5.74) is 0.977. The van der Waals surface area contributed by atoms with Crippen LogP contribution >= 0.6 is 0 Å². The predicted molar refractivity (Wildman–Crippen MR) is 52.9 cm³/mol. The summed E-state index contributed by atoms with van der Waals surface area (Å²) >= 11 is 0. The second-order valence-corrected chi connectivity index (χ2v) is 3.20. The molecular weight excluding hydrogens is 162 g/mol. The predicted octanol–water partition coefficient (Wildman–Crippen LogP) is 1.16. The molecule has 2 heterocycles. The Morgan fingerprint density at radius 2 is 2.31 bits per heavy atom. The molecule has 1 aliphatic rings. The zero-order valence-electron chi connectivity index (χ0n) is 7.77. The van der Waals surface area contributed by atoms with Gasteiger partial charge in [0.2, 0.25) is 0 Å². The maximum Gasteiger partial charge on any atom is 0.149 e. The van der Waals surface area contributed by atoms with Crippen LogP contribution in [0.5, 0.6) is 0 Å². The fourth-order valence-electron chi connectivity index (χ4n) is 1.49. The van der Waals surface area contributed by atoms with Gasteiger partial charge in [-0.2, -0.15) is 0 Å². The molecule has 3 heteroatoms. The molecule has 0 unspecified atom stereocenters. The molecule has 1 aromatic heterocycles. The third-order valence-electron chi connectivity index (χ3n) is 2.17. The maximum absolute atomic E-state index is 4.46. The van der Waals surface area contributed by atoms with E-state index in [0.717, 1.165) is 31.0 Å². The van der Waals surface area contributed by atoms with Crippen LogP contribution in [0.1, 0.15) is 12.1 Å². The van der Waals surface area contributed by atoms with Crippen LogP contribution in [0, 0.1) is 0 Å². The number of aliphatic imine (C=N–C) groups is 1. The molecule has 0 saturated carbocycles. The first-order chi connectivity index (χ1) is 6.38. The molecule has 0 aliphatic carbocycles. The van der Waals surface area contributed by atoms with Crippen LogP contribution in [0.3, 0.4) is 0 Å². The summed E-state index contributed by atoms with van der Waals surface area (Å²) in [6, 6.07) is 5.92. The van der Waals surface area contributed by atoms with Gasteiger partial charge in [0.05, 0.1) is 0 Å². The number of nitrogens with zero attached hydrogens (tertiary/aromatic N) is 3. The minimum atomic E-state index is 0.927. The second kappa shape index (κ2) is 3.56. The highest BCUT2D eigenvalue weighted by molar-refractivity contribution is 5.97. The smallest absolute Gasteiger partial charge is 0.149 e. The molecule has 0 atom stereocenters. The summed E-state index contributed by atoms with van der Waals surface area (Å²) in [5.74, 6) is 1.02. The lowest BCUT2D eigenvalue weighted by atomic mass is 10.2. The van der Waals surface area contributed by atoms with Gasteiger partial charge in [-0.1, -0.05) is 6.07 Å². The Hall–Kier alpha value is -1.38. The van der Waals surface area contributed by atoms with E-state index < -0.39 is 0 Å². The first kappa shape index (κ1) is 8.23. The van der Waals surface area contributed by atoms with Gasteiger partial charge in [-0.3, -0.25) is 9.98 Å². The van der Waals surface area contributed by atoms with Crippen LogP contribution in [0.25, 0.3) is 0 Å². The van der Waals surface area contributed by atoms with Crippen molar-refractivity contribution in [2.24, 2.45) is 4.99 Å². The molecule has 0 saturated heterocycles. The molecule has 2 rings (SSSR count). The normalized spacial score (nSPS) is 17.0. The summed E-state index contributed by atoms with van der Waals surface area (Å²) in [4.78, 5) is 10.9. The van der Waals surface area contributed by atoms with E-state index in [2.05, 4.69) is 21.9 Å². The maximum atomic E-state index is 4.46. The Morgan fingerprint density at radius 3 is 3.00 bits per heavy atom. The quantitative estimate of drug-likeness (QED) is 0.641. The Kier molecular flexibility index (Phi) is 2.25. The lowest BCUT2D eigenvalue weighted by Gasteiger charge is -2.24. The van der Waals surface area contributed by atoms with Crippen molar-refractivity contribution in [2.75, 3.05) is 20.1 Å². The molecule has 68 valence electrons. The number of pyridine rings is 1. The van der Waals surface area contributed by atoms with Crippen LogP contribution in [0.4, 0.5) is 0 Å². The third kappa shape index (κ3) is 1.69. The second-order valence-electron chi connectivity index (χ2n) is 3.20. The van der Waals surface area contributed by atoms with Gasteiger partial charge < -0.3 is 4.90 Å². The molecule has 0 aromatic carbocycles. The van der Waals surface area contributed by atoms with Gasteiger partial charge in [0.15, 0.2) is 0 Å². The lowest BCUT2D eigenvalue weighted by Crippen LogP contribution is -2.33. The van der Waals surface area contributed by atoms with Gasteiger partial charge in [-0.05, 0) is 18.6 Å². The topological polar surface area (TPSA) is 28.5 Å². The Bertz CT molecular complexity index is 305. The zero-order valence-corrected chi connectivity index (χ0v) is 7.77. The van der Waals surface area contributed by atoms with Gasteiger partial charge in [0.1, 0.15) is 11.5 Å². The average molecular weight is 175 g/mol. The van der Waals surface area contributed by atoms with Gasteiger partial charge in [0, 0.05) is 26.3 Å². The first-order valence-electron chi connectivity index (χ1n) is 4.55. The van der Waals surface area contributed by atoms with Gasteiger partial charge in [-0.25, -0.2) is 0 Å². The van der Waals surface area contributed by atoms with Gasteiger partial charge in [0.25, 0.3) is 0 Å². The Morgan fingerprint density at radius 1 is 1.38 bits per heavy atom. The van der Waals surface area contributed by atoms with Gasteiger partial charge >= 0.3 is 0 Å². The standard InChI is InChI=1S/C10H13N3/c1-13-8-4-7-12-10(13)9-5-2-3-6-11-9/h2-3,5-6H,4,7-8H2,1H3. The van der Waals surface area contributed by atoms with Crippen molar-refractivity contribution < 1.29 is 0 Å². The summed E-state index contributed by atoms with van der Waals surface area (Å²) in [5, 5.41) is 0. The minimum absolute atomic E-state index is 0.927. The number of hydrogen-bond donors (Lipinski definition) is 0. The van der Waals surface area contributed by atoms with Crippen molar-refractivity contribution in [3.8, 4) is 0 Å². The summed E-state index contributed by atoms with van der Waals surface area (Å²) in [7, 11) is 2.06. The van der Waals surface area contributed by atoms with Crippen molar-refractivity contribution in [3.63, 3.8) is 0 Å². The molecule has 0 radical (unpaired) electrons. The van der Waals surface area contributed by atoms with Crippen LogP contribution in [0.15, 0.2) is 29.4 Å². The zero-order chi connectivity index (χ0) is 9.10. The summed E-state index contributed by atoms with van der Waals surface area (Å²) in [6.45, 7) is 2.01. The SMILES string of the molecule is CN1CCCN=C1c1ccccn1. The van der Waals surface area contributed by atoms with E-state index in [-0.39, 0.29) is 0 Å². The Balaban J connectivity index is 2.30. The molecular formula is C10H13N3. The van der Waals surface area contributed by atoms with E-state index in [1.807, 2.05) is 18.2 Å². The van der Waals surface area contributed by atoms with Gasteiger partial charge in [-0.15, -0.1) is 0 Å². The monoisotopic (exact) mass is 175 g/mol. The molecule has 0 bridgehead atoms. The number of hydrogen-bond acceptors (Lipinski definition) is 3. The van der Waals surface area contributed by atoms with E-state index in [1.54, 1.807) is 6.20 Å². The molecule has 0 amide bonds. The summed E-state index contributed by atoms with van der Waals surface area (Å²) < 4.78 is 0. The van der Waals surface area contributed by atoms with Crippen LogP contribution < -0.4 is 0 Å². The summed E-state index contributed by atoms with van der Waals surface area (Å²) in [6.07, 6.45) is 2.95. The molecule has 0 N–H and O–H groups in total. The van der Waals surface area contributed by atoms with Crippen molar-refractivity contribution in [1.29, 1.82) is 0 Å². The Labute approximate surface area is 78.1 Å². The molecule has 1 aliphatic heterocycles. The third-order valence-corrected chi connectivity index (χ3v) is 2.17. The highest BCUT2D eigenvalue weighted by Crippen LogP contribution is 2.06. The number of aromatic nitrogens is 1. The van der Waals surface area contributed by atoms with Crippen molar-refractivity contribution in [2.45, 2.75) is 6.42 Å². The van der Waals surface area contributed by atoms with Crippen molar-refractivity contribution >= 4 is 5.84 Å². The van der Waals surface area contributed by atoms with Crippen molar-refractivity contribution in [3.05, 3.63) is 30.1 Å². The van der Waals surface area contributed by atoms with Crippen molar-refractivity contribution in [1.82, 2.24) is 9.88 Å². The van der Waals surface area contributed by atoms with Crippen LogP contribution in [-0.2, 0) is 0 Å². The van der Waals surface area contributed by atoms with E-state index >= 15 is 0 Å². The number of rotatable bonds is 1. The largest absolute Gasteiger partial charge is 0.358 e. The fraction of sp³-hybridized carbons (Fsp3) is 0.400. The van der Waals surface area contributed by atoms with Crippen LogP contribution in [0.2, 0.25) is 0 Å². The average Bonchev–Trinajstić information content (AvgIpc) is 2.20. The van der Waals surface area contributed by atoms with E-state index in [0.29, 0.717) is 0 Å². The molecule has 0 spiro atoms. The lowest BCUT2D eigenvalue weighted by molar-refractivity contribution is 0.467. The highest BCUT2D eigenvalue weighted by atomic mass is 15.2. The van der Waals surface area contributed by atoms with E-state index in [4.69, 9.17) is 0 Å². The molecule has 13 heavy (non-hydrogen) atoms. The molecule has 3 nitrogen and oxygen atoms in total. The fourth-order valence-corrected chi connectivity index (χ4v) is 1.49. The van der Waals surface area contributed by atoms with E-state index in [1.165, 1.54) is 0 Å². The van der Waals surface area contributed by atoms with Crippen LogP contribution in [-0.4, -0.2) is 35.9 Å². The van der Waals surface area contributed by atoms with E-state index in [9.17, 15) is 0 Å².